The number of nitrogens with one attached hydrogen (secondary N) is 2. The van der Waals surface area contributed by atoms with Crippen LogP contribution >= 0.6 is 11.8 Å². The van der Waals surface area contributed by atoms with Crippen LogP contribution in [0.4, 0.5) is 11.4 Å². The number of carbonyl (C=O) groups excluding carboxylic acids is 3. The molecule has 0 saturated carbocycles. The summed E-state index contributed by atoms with van der Waals surface area (Å²) in [6, 6.07) is 22.1. The molecule has 2 bridgehead atoms. The first-order valence-electron chi connectivity index (χ1n) is 12.7. The van der Waals surface area contributed by atoms with Gasteiger partial charge in [-0.3, -0.25) is 14.4 Å². The Kier molecular flexibility index (Phi) is 5.96. The van der Waals surface area contributed by atoms with Gasteiger partial charge in [0.05, 0.1) is 23.2 Å². The molecule has 8 heteroatoms. The number of nitrogens with zero attached hydrogens (tertiary/aromatic N) is 1. The fourth-order valence-corrected chi connectivity index (χ4v) is 9.12. The van der Waals surface area contributed by atoms with E-state index < -0.39 is 22.6 Å². The van der Waals surface area contributed by atoms with E-state index in [2.05, 4.69) is 17.6 Å². The lowest BCUT2D eigenvalue weighted by Gasteiger charge is -2.38. The van der Waals surface area contributed by atoms with Crippen molar-refractivity contribution in [3.05, 3.63) is 72.8 Å². The van der Waals surface area contributed by atoms with Crippen molar-refractivity contribution in [2.75, 3.05) is 23.8 Å². The normalized spacial score (nSPS) is 29.9. The number of fused-ring (bicyclic) bond motifs is 2. The number of β-amino-alcohol motifs (C(OH)–C–C–N with tert-alkyl or cyclic N) is 1. The summed E-state index contributed by atoms with van der Waals surface area (Å²) in [6.07, 6.45) is 0.758. The number of aliphatic hydroxyl groups excluding tert-OH is 1. The third-order valence-corrected chi connectivity index (χ3v) is 10.3. The molecule has 0 aliphatic carbocycles. The van der Waals surface area contributed by atoms with Crippen molar-refractivity contribution in [3.8, 4) is 0 Å². The second-order valence-electron chi connectivity index (χ2n) is 10.2. The van der Waals surface area contributed by atoms with Crippen LogP contribution in [0.15, 0.2) is 72.8 Å². The van der Waals surface area contributed by atoms with Crippen LogP contribution in [0.3, 0.4) is 0 Å². The number of rotatable bonds is 6. The predicted molar refractivity (Wildman–Crippen MR) is 145 cm³/mol. The predicted octanol–water partition coefficient (Wildman–Crippen LogP) is 3.75. The maximum atomic E-state index is 13.9. The van der Waals surface area contributed by atoms with Crippen LogP contribution in [-0.4, -0.2) is 56.9 Å². The molecule has 3 unspecified atom stereocenters. The number of benzene rings is 3. The Bertz CT molecular complexity index is 1380. The molecule has 0 aromatic heterocycles. The van der Waals surface area contributed by atoms with Crippen LogP contribution < -0.4 is 10.6 Å². The molecule has 3 saturated heterocycles. The second-order valence-corrected chi connectivity index (χ2v) is 11.8. The topological polar surface area (TPSA) is 98.7 Å². The first-order valence-corrected chi connectivity index (χ1v) is 13.6. The second kappa shape index (κ2) is 9.19. The Morgan fingerprint density at radius 3 is 2.43 bits per heavy atom. The van der Waals surface area contributed by atoms with Crippen molar-refractivity contribution in [2.24, 2.45) is 17.8 Å². The summed E-state index contributed by atoms with van der Waals surface area (Å²) in [7, 11) is 0. The number of hydrogen-bond acceptors (Lipinski definition) is 5. The molecule has 37 heavy (non-hydrogen) atoms. The summed E-state index contributed by atoms with van der Waals surface area (Å²) < 4.78 is -0.726. The maximum Gasteiger partial charge on any atom is 0.248 e. The molecular formula is C29H29N3O4S. The Morgan fingerprint density at radius 1 is 0.973 bits per heavy atom. The van der Waals surface area contributed by atoms with Gasteiger partial charge in [-0.05, 0) is 47.4 Å². The molecule has 1 spiro atoms. The fourth-order valence-electron chi connectivity index (χ4n) is 6.69. The van der Waals surface area contributed by atoms with E-state index in [1.54, 1.807) is 11.8 Å². The number of likely N-dealkylation sites (tertiary alicyclic amines) is 1. The molecule has 3 aromatic carbocycles. The van der Waals surface area contributed by atoms with Gasteiger partial charge in [0.2, 0.25) is 17.7 Å². The Hall–Kier alpha value is -3.36. The van der Waals surface area contributed by atoms with E-state index in [1.807, 2.05) is 72.8 Å². The van der Waals surface area contributed by atoms with Gasteiger partial charge in [-0.2, -0.15) is 0 Å². The van der Waals surface area contributed by atoms with Crippen molar-refractivity contribution in [3.63, 3.8) is 0 Å². The molecule has 3 aliphatic heterocycles. The summed E-state index contributed by atoms with van der Waals surface area (Å²) in [5, 5.41) is 17.9. The van der Waals surface area contributed by atoms with Crippen LogP contribution in [0.5, 0.6) is 0 Å². The Morgan fingerprint density at radius 2 is 1.68 bits per heavy atom. The highest BCUT2D eigenvalue weighted by Gasteiger charge is 2.75. The molecule has 0 radical (unpaired) electrons. The third-order valence-electron chi connectivity index (χ3n) is 8.20. The Balaban J connectivity index is 1.33. The van der Waals surface area contributed by atoms with Crippen LogP contribution in [0.2, 0.25) is 0 Å². The largest absolute Gasteiger partial charge is 0.395 e. The van der Waals surface area contributed by atoms with Crippen molar-refractivity contribution in [1.29, 1.82) is 0 Å². The van der Waals surface area contributed by atoms with Crippen molar-refractivity contribution in [1.82, 2.24) is 4.90 Å². The zero-order valence-corrected chi connectivity index (χ0v) is 21.3. The van der Waals surface area contributed by atoms with E-state index in [4.69, 9.17) is 0 Å². The molecule has 3 N–H and O–H groups in total. The van der Waals surface area contributed by atoms with E-state index in [-0.39, 0.29) is 42.0 Å². The first-order chi connectivity index (χ1) is 17.9. The summed E-state index contributed by atoms with van der Waals surface area (Å²) in [6.45, 7) is 1.88. The smallest absolute Gasteiger partial charge is 0.248 e. The highest BCUT2D eigenvalue weighted by Crippen LogP contribution is 2.68. The monoisotopic (exact) mass is 515 g/mol. The maximum absolute atomic E-state index is 13.9. The summed E-state index contributed by atoms with van der Waals surface area (Å²) >= 11 is 1.62. The molecule has 3 heterocycles. The van der Waals surface area contributed by atoms with Crippen molar-refractivity contribution >= 4 is 51.6 Å². The van der Waals surface area contributed by atoms with Crippen molar-refractivity contribution in [2.45, 2.75) is 29.4 Å². The quantitative estimate of drug-likeness (QED) is 0.465. The van der Waals surface area contributed by atoms with Gasteiger partial charge in [0.15, 0.2) is 0 Å². The van der Waals surface area contributed by atoms with Crippen molar-refractivity contribution < 1.29 is 19.5 Å². The van der Waals surface area contributed by atoms with E-state index in [1.165, 1.54) is 4.90 Å². The molecule has 3 aliphatic rings. The highest BCUT2D eigenvalue weighted by atomic mass is 32.2. The van der Waals surface area contributed by atoms with E-state index >= 15 is 0 Å². The molecule has 6 atom stereocenters. The third kappa shape index (κ3) is 3.73. The minimum atomic E-state index is -0.775. The molecular weight excluding hydrogens is 486 g/mol. The van der Waals surface area contributed by atoms with Gasteiger partial charge < -0.3 is 20.6 Å². The zero-order chi connectivity index (χ0) is 25.7. The van der Waals surface area contributed by atoms with Crippen LogP contribution in [0.25, 0.3) is 10.8 Å². The van der Waals surface area contributed by atoms with Gasteiger partial charge >= 0.3 is 0 Å². The van der Waals surface area contributed by atoms with Gasteiger partial charge in [-0.1, -0.05) is 55.5 Å². The number of amides is 3. The van der Waals surface area contributed by atoms with Crippen LogP contribution in [0, 0.1) is 17.8 Å². The fraction of sp³-hybridized carbons (Fsp3) is 0.345. The SMILES string of the molecule is CC1C[C@H]2SC13C(C(=O)Nc1ccc4ccccc4c1)N(CCO)C(=O)[C@@H]3[C@H]2C(=O)Nc1ccccc1. The van der Waals surface area contributed by atoms with Crippen LogP contribution in [-0.2, 0) is 14.4 Å². The molecule has 190 valence electrons. The minimum Gasteiger partial charge on any atom is -0.395 e. The summed E-state index contributed by atoms with van der Waals surface area (Å²) in [4.78, 5) is 42.8. The summed E-state index contributed by atoms with van der Waals surface area (Å²) in [5.74, 6) is -1.77. The average Bonchev–Trinajstić information content (AvgIpc) is 3.48. The van der Waals surface area contributed by atoms with E-state index in [0.717, 1.165) is 17.2 Å². The number of hydrogen-bond donors (Lipinski definition) is 3. The molecule has 3 amide bonds. The minimum absolute atomic E-state index is 0.0418. The number of thioether (sulfide) groups is 1. The number of aliphatic hydroxyl groups is 1. The number of anilines is 2. The standard InChI is InChI=1S/C29H29N3O4S/c1-17-15-22-23(26(34)30-20-9-3-2-4-10-20)24-28(36)32(13-14-33)25(29(17,24)37-22)27(35)31-21-12-11-18-7-5-6-8-19(18)16-21/h2-12,16-17,22-25,33H,13-15H2,1H3,(H,30,34)(H,31,35)/t17?,22-,23+,24+,25?,29?/m1/s1. The van der Waals surface area contributed by atoms with Crippen LogP contribution in [0.1, 0.15) is 13.3 Å². The molecule has 7 nitrogen and oxygen atoms in total. The van der Waals surface area contributed by atoms with Gasteiger partial charge in [-0.15, -0.1) is 11.8 Å². The lowest BCUT2D eigenvalue weighted by molar-refractivity contribution is -0.138. The first kappa shape index (κ1) is 24.0. The van der Waals surface area contributed by atoms with Gasteiger partial charge in [0.25, 0.3) is 0 Å². The zero-order valence-electron chi connectivity index (χ0n) is 20.5. The molecule has 6 rings (SSSR count). The highest BCUT2D eigenvalue weighted by molar-refractivity contribution is 8.02. The average molecular weight is 516 g/mol. The Labute approximate surface area is 219 Å². The van der Waals surface area contributed by atoms with E-state index in [0.29, 0.717) is 11.4 Å². The number of carbonyl (C=O) groups is 3. The van der Waals surface area contributed by atoms with Gasteiger partial charge in [0, 0.05) is 23.2 Å². The van der Waals surface area contributed by atoms with E-state index in [9.17, 15) is 19.5 Å². The lowest BCUT2D eigenvalue weighted by Crippen LogP contribution is -2.55. The summed E-state index contributed by atoms with van der Waals surface area (Å²) in [5.41, 5.74) is 1.34. The van der Waals surface area contributed by atoms with Gasteiger partial charge in [-0.25, -0.2) is 0 Å². The number of para-hydroxylation sites is 1. The molecule has 3 fully saturated rings. The molecule has 3 aromatic rings. The lowest BCUT2D eigenvalue weighted by atomic mass is 9.66. The van der Waals surface area contributed by atoms with Gasteiger partial charge in [0.1, 0.15) is 6.04 Å².